The molecule has 0 radical (unpaired) electrons. The van der Waals surface area contributed by atoms with Crippen molar-refractivity contribution in [1.82, 2.24) is 10.2 Å². The molecule has 0 aromatic heterocycles. The number of nitrogens with one attached hydrogen (secondary N) is 1. The number of rotatable bonds is 8. The van der Waals surface area contributed by atoms with E-state index in [0.717, 1.165) is 6.07 Å². The van der Waals surface area contributed by atoms with Crippen LogP contribution >= 0.6 is 0 Å². The maximum Gasteiger partial charge on any atom is 0.573 e. The Balaban J connectivity index is 1.48. The first-order chi connectivity index (χ1) is 15.1. The summed E-state index contributed by atoms with van der Waals surface area (Å²) in [5, 5.41) is 2.71. The minimum absolute atomic E-state index is 0.0149. The number of ether oxygens (including phenoxy) is 1. The van der Waals surface area contributed by atoms with Gasteiger partial charge in [0.2, 0.25) is 11.8 Å². The summed E-state index contributed by atoms with van der Waals surface area (Å²) in [6.07, 6.45) is -3.70. The molecular formula is C22H21F5N2O3. The summed E-state index contributed by atoms with van der Waals surface area (Å²) in [4.78, 5) is 25.9. The van der Waals surface area contributed by atoms with Crippen molar-refractivity contribution < 1.29 is 36.3 Å². The molecule has 0 bridgehead atoms. The largest absolute Gasteiger partial charge is 0.573 e. The van der Waals surface area contributed by atoms with E-state index in [4.69, 9.17) is 0 Å². The third kappa shape index (κ3) is 6.41. The lowest BCUT2D eigenvalue weighted by molar-refractivity contribution is -0.274. The minimum Gasteiger partial charge on any atom is -0.406 e. The molecular weight excluding hydrogens is 435 g/mol. The van der Waals surface area contributed by atoms with Crippen molar-refractivity contribution in [2.45, 2.75) is 44.6 Å². The van der Waals surface area contributed by atoms with Gasteiger partial charge in [0.1, 0.15) is 5.75 Å². The molecule has 172 valence electrons. The molecule has 32 heavy (non-hydrogen) atoms. The number of alkyl halides is 3. The van der Waals surface area contributed by atoms with E-state index >= 15 is 0 Å². The molecule has 1 aliphatic rings. The zero-order chi connectivity index (χ0) is 23.3. The minimum atomic E-state index is -4.76. The molecule has 1 fully saturated rings. The van der Waals surface area contributed by atoms with Gasteiger partial charge >= 0.3 is 6.36 Å². The number of halogens is 5. The second-order valence-electron chi connectivity index (χ2n) is 7.42. The summed E-state index contributed by atoms with van der Waals surface area (Å²) in [6.45, 7) is 0.129. The fourth-order valence-corrected chi connectivity index (χ4v) is 3.57. The first-order valence-electron chi connectivity index (χ1n) is 9.96. The molecule has 2 amide bonds. The number of nitrogens with zero attached hydrogens (tertiary/aromatic N) is 1. The van der Waals surface area contributed by atoms with Crippen molar-refractivity contribution in [2.75, 3.05) is 6.54 Å². The van der Waals surface area contributed by atoms with Gasteiger partial charge in [-0.3, -0.25) is 9.59 Å². The molecule has 2 aromatic carbocycles. The van der Waals surface area contributed by atoms with Crippen molar-refractivity contribution in [2.24, 2.45) is 0 Å². The van der Waals surface area contributed by atoms with Crippen molar-refractivity contribution in [1.29, 1.82) is 0 Å². The SMILES string of the molecule is O=C(CC1CCC(=O)N1Cc1cccc(F)c1F)NCCc1ccc(OC(F)(F)F)cc1. The molecule has 0 saturated carbocycles. The van der Waals surface area contributed by atoms with Crippen LogP contribution in [0.4, 0.5) is 22.0 Å². The van der Waals surface area contributed by atoms with Crippen molar-refractivity contribution in [3.05, 3.63) is 65.2 Å². The third-order valence-electron chi connectivity index (χ3n) is 5.14. The van der Waals surface area contributed by atoms with Gasteiger partial charge in [-0.2, -0.15) is 0 Å². The number of likely N-dealkylation sites (tertiary alicyclic amines) is 1. The van der Waals surface area contributed by atoms with Crippen LogP contribution in [0.1, 0.15) is 30.4 Å². The monoisotopic (exact) mass is 456 g/mol. The predicted octanol–water partition coefficient (Wildman–Crippen LogP) is 4.10. The van der Waals surface area contributed by atoms with Crippen LogP contribution in [0, 0.1) is 11.6 Å². The summed E-state index contributed by atoms with van der Waals surface area (Å²) in [7, 11) is 0. The van der Waals surface area contributed by atoms with Gasteiger partial charge in [-0.15, -0.1) is 13.2 Å². The highest BCUT2D eigenvalue weighted by Gasteiger charge is 2.33. The van der Waals surface area contributed by atoms with Crippen LogP contribution in [-0.4, -0.2) is 35.7 Å². The lowest BCUT2D eigenvalue weighted by Gasteiger charge is -2.25. The van der Waals surface area contributed by atoms with Crippen molar-refractivity contribution in [3.63, 3.8) is 0 Å². The highest BCUT2D eigenvalue weighted by atomic mass is 19.4. The number of hydrogen-bond donors (Lipinski definition) is 1. The number of hydrogen-bond acceptors (Lipinski definition) is 3. The van der Waals surface area contributed by atoms with Gasteiger partial charge in [0.05, 0.1) is 0 Å². The van der Waals surface area contributed by atoms with E-state index < -0.39 is 24.0 Å². The Morgan fingerprint density at radius 1 is 1.12 bits per heavy atom. The van der Waals surface area contributed by atoms with Crippen LogP contribution in [0.25, 0.3) is 0 Å². The molecule has 5 nitrogen and oxygen atoms in total. The fraction of sp³-hybridized carbons (Fsp3) is 0.364. The van der Waals surface area contributed by atoms with Crippen LogP contribution in [-0.2, 0) is 22.6 Å². The van der Waals surface area contributed by atoms with Crippen molar-refractivity contribution >= 4 is 11.8 Å². The predicted molar refractivity (Wildman–Crippen MR) is 104 cm³/mol. The Labute approximate surface area is 181 Å². The Kier molecular flexibility index (Phi) is 7.32. The lowest BCUT2D eigenvalue weighted by Crippen LogP contribution is -2.37. The molecule has 3 rings (SSSR count). The topological polar surface area (TPSA) is 58.6 Å². The van der Waals surface area contributed by atoms with E-state index in [1.165, 1.54) is 41.3 Å². The van der Waals surface area contributed by atoms with Crippen LogP contribution in [0.5, 0.6) is 5.75 Å². The number of carbonyl (C=O) groups excluding carboxylic acids is 2. The average molecular weight is 456 g/mol. The molecule has 1 unspecified atom stereocenters. The summed E-state index contributed by atoms with van der Waals surface area (Å²) >= 11 is 0. The molecule has 10 heteroatoms. The Hall–Kier alpha value is -3.17. The molecule has 1 atom stereocenters. The van der Waals surface area contributed by atoms with Gasteiger partial charge in [-0.25, -0.2) is 8.78 Å². The number of benzene rings is 2. The maximum absolute atomic E-state index is 13.9. The van der Waals surface area contributed by atoms with E-state index in [2.05, 4.69) is 10.1 Å². The average Bonchev–Trinajstić information content (AvgIpc) is 3.05. The quantitative estimate of drug-likeness (QED) is 0.609. The fourth-order valence-electron chi connectivity index (χ4n) is 3.57. The van der Waals surface area contributed by atoms with Gasteiger partial charge in [-0.1, -0.05) is 24.3 Å². The summed E-state index contributed by atoms with van der Waals surface area (Å²) in [5.74, 6) is -2.88. The lowest BCUT2D eigenvalue weighted by atomic mass is 10.1. The highest BCUT2D eigenvalue weighted by Crippen LogP contribution is 2.25. The van der Waals surface area contributed by atoms with Crippen LogP contribution in [0.3, 0.4) is 0 Å². The first kappa shape index (κ1) is 23.5. The smallest absolute Gasteiger partial charge is 0.406 e. The second kappa shape index (κ2) is 9.97. The van der Waals surface area contributed by atoms with E-state index in [-0.39, 0.29) is 49.1 Å². The summed E-state index contributed by atoms with van der Waals surface area (Å²) < 4.78 is 67.7. The summed E-state index contributed by atoms with van der Waals surface area (Å²) in [5.41, 5.74) is 0.752. The molecule has 1 heterocycles. The molecule has 0 aliphatic carbocycles. The Bertz CT molecular complexity index is 963. The molecule has 1 N–H and O–H groups in total. The highest BCUT2D eigenvalue weighted by molar-refractivity contribution is 5.82. The normalized spacial score (nSPS) is 16.3. The first-order valence-corrected chi connectivity index (χ1v) is 9.96. The maximum atomic E-state index is 13.9. The van der Waals surface area contributed by atoms with Gasteiger partial charge in [0, 0.05) is 37.5 Å². The molecule has 0 spiro atoms. The van der Waals surface area contributed by atoms with E-state index in [1.54, 1.807) is 0 Å². The van der Waals surface area contributed by atoms with Crippen molar-refractivity contribution in [3.8, 4) is 5.75 Å². The van der Waals surface area contributed by atoms with Crippen LogP contribution < -0.4 is 10.1 Å². The molecule has 1 aliphatic heterocycles. The van der Waals surface area contributed by atoms with E-state index in [1.807, 2.05) is 0 Å². The second-order valence-corrected chi connectivity index (χ2v) is 7.42. The third-order valence-corrected chi connectivity index (χ3v) is 5.14. The van der Waals surface area contributed by atoms with Crippen LogP contribution in [0.15, 0.2) is 42.5 Å². The standard InChI is InChI=1S/C22H21F5N2O3/c23-18-3-1-2-15(21(18)24)13-29-16(6-9-20(29)31)12-19(30)28-11-10-14-4-7-17(8-5-14)32-22(25,26)27/h1-5,7-8,16H,6,9-13H2,(H,28,30). The Morgan fingerprint density at radius 3 is 2.53 bits per heavy atom. The number of carbonyl (C=O) groups is 2. The Morgan fingerprint density at radius 2 is 1.84 bits per heavy atom. The van der Waals surface area contributed by atoms with Gasteiger partial charge < -0.3 is 15.0 Å². The van der Waals surface area contributed by atoms with Gasteiger partial charge in [0.25, 0.3) is 0 Å². The van der Waals surface area contributed by atoms with Gasteiger partial charge in [-0.05, 0) is 36.6 Å². The number of amides is 2. The van der Waals surface area contributed by atoms with E-state index in [9.17, 15) is 31.5 Å². The van der Waals surface area contributed by atoms with E-state index in [0.29, 0.717) is 18.4 Å². The molecule has 1 saturated heterocycles. The molecule has 2 aromatic rings. The zero-order valence-electron chi connectivity index (χ0n) is 16.9. The van der Waals surface area contributed by atoms with Crippen LogP contribution in [0.2, 0.25) is 0 Å². The zero-order valence-corrected chi connectivity index (χ0v) is 16.9. The summed E-state index contributed by atoms with van der Waals surface area (Å²) in [6, 6.07) is 8.65. The van der Waals surface area contributed by atoms with Gasteiger partial charge in [0.15, 0.2) is 11.6 Å².